The van der Waals surface area contributed by atoms with Crippen molar-refractivity contribution in [3.63, 3.8) is 0 Å². The van der Waals surface area contributed by atoms with Gasteiger partial charge in [0.1, 0.15) is 0 Å². The van der Waals surface area contributed by atoms with Gasteiger partial charge in [-0.15, -0.1) is 0 Å². The number of rotatable bonds is 6. The highest BCUT2D eigenvalue weighted by Crippen LogP contribution is 1.96. The molecule has 0 heterocycles. The summed E-state index contributed by atoms with van der Waals surface area (Å²) in [4.78, 5) is 0. The predicted molar refractivity (Wildman–Crippen MR) is 44.0 cm³/mol. The molecule has 0 saturated heterocycles. The maximum absolute atomic E-state index is 8.66. The minimum absolute atomic E-state index is 0.313. The normalized spacial score (nSPS) is 13.5. The third-order valence-corrected chi connectivity index (χ3v) is 1.55. The van der Waals surface area contributed by atoms with E-state index in [-0.39, 0.29) is 0 Å². The van der Waals surface area contributed by atoms with Crippen LogP contribution in [-0.4, -0.2) is 24.8 Å². The molecule has 0 aliphatic heterocycles. The van der Waals surface area contributed by atoms with Crippen molar-refractivity contribution in [2.24, 2.45) is 5.92 Å². The van der Waals surface area contributed by atoms with Gasteiger partial charge >= 0.3 is 0 Å². The largest absolute Gasteiger partial charge is 0.396 e. The van der Waals surface area contributed by atoms with E-state index in [1.807, 2.05) is 0 Å². The van der Waals surface area contributed by atoms with Crippen molar-refractivity contribution in [2.75, 3.05) is 19.7 Å². The zero-order valence-corrected chi connectivity index (χ0v) is 7.06. The van der Waals surface area contributed by atoms with E-state index >= 15 is 0 Å². The molecule has 0 aromatic rings. The van der Waals surface area contributed by atoms with Crippen molar-refractivity contribution in [3.8, 4) is 0 Å². The molecule has 0 aromatic heterocycles. The monoisotopic (exact) mass is 145 g/mol. The van der Waals surface area contributed by atoms with E-state index in [1.54, 1.807) is 0 Å². The van der Waals surface area contributed by atoms with E-state index in [0.29, 0.717) is 12.5 Å². The topological polar surface area (TPSA) is 32.3 Å². The number of hydrogen-bond donors (Lipinski definition) is 2. The number of aliphatic hydroxyl groups is 1. The van der Waals surface area contributed by atoms with Crippen LogP contribution in [-0.2, 0) is 0 Å². The Labute approximate surface area is 63.6 Å². The average Bonchev–Trinajstić information content (AvgIpc) is 1.98. The molecule has 2 N–H and O–H groups in total. The lowest BCUT2D eigenvalue weighted by molar-refractivity contribution is 0.229. The molecule has 62 valence electrons. The Kier molecular flexibility index (Phi) is 6.98. The van der Waals surface area contributed by atoms with E-state index in [4.69, 9.17) is 5.11 Å². The van der Waals surface area contributed by atoms with Crippen LogP contribution >= 0.6 is 0 Å². The first-order valence-corrected chi connectivity index (χ1v) is 4.12. The standard InChI is InChI=1S/C8H19NO/c1-3-5-9-6-4-8(2)7-10/h8-10H,3-7H2,1-2H3. The predicted octanol–water partition coefficient (Wildman–Crippen LogP) is 1.00. The maximum atomic E-state index is 8.66. The van der Waals surface area contributed by atoms with Gasteiger partial charge in [0.2, 0.25) is 0 Å². The number of aliphatic hydroxyl groups excluding tert-OH is 1. The van der Waals surface area contributed by atoms with Crippen molar-refractivity contribution in [2.45, 2.75) is 26.7 Å². The molecular weight excluding hydrogens is 126 g/mol. The van der Waals surface area contributed by atoms with Gasteiger partial charge in [-0.3, -0.25) is 0 Å². The summed E-state index contributed by atoms with van der Waals surface area (Å²) in [6.45, 7) is 6.66. The SMILES string of the molecule is CCCNCCC(C)CO. The fourth-order valence-corrected chi connectivity index (χ4v) is 0.742. The highest BCUT2D eigenvalue weighted by Gasteiger charge is 1.97. The second-order valence-electron chi connectivity index (χ2n) is 2.83. The molecule has 0 amide bonds. The first kappa shape index (κ1) is 9.92. The zero-order chi connectivity index (χ0) is 7.82. The van der Waals surface area contributed by atoms with Gasteiger partial charge in [0.05, 0.1) is 0 Å². The molecule has 0 fully saturated rings. The summed E-state index contributed by atoms with van der Waals surface area (Å²) in [5.74, 6) is 0.448. The van der Waals surface area contributed by atoms with Crippen LogP contribution < -0.4 is 5.32 Å². The van der Waals surface area contributed by atoms with E-state index in [1.165, 1.54) is 6.42 Å². The van der Waals surface area contributed by atoms with Crippen LogP contribution in [0.4, 0.5) is 0 Å². The molecule has 0 bridgehead atoms. The van der Waals surface area contributed by atoms with Crippen molar-refractivity contribution in [3.05, 3.63) is 0 Å². The lowest BCUT2D eigenvalue weighted by Gasteiger charge is -2.07. The molecule has 0 aliphatic rings. The van der Waals surface area contributed by atoms with Gasteiger partial charge in [0.25, 0.3) is 0 Å². The summed E-state index contributed by atoms with van der Waals surface area (Å²) in [6, 6.07) is 0. The van der Waals surface area contributed by atoms with E-state index in [2.05, 4.69) is 19.2 Å². The van der Waals surface area contributed by atoms with Gasteiger partial charge < -0.3 is 10.4 Å². The minimum atomic E-state index is 0.313. The smallest absolute Gasteiger partial charge is 0.0457 e. The molecule has 0 spiro atoms. The molecule has 2 nitrogen and oxygen atoms in total. The van der Waals surface area contributed by atoms with Gasteiger partial charge in [-0.25, -0.2) is 0 Å². The van der Waals surface area contributed by atoms with Gasteiger partial charge in [-0.2, -0.15) is 0 Å². The lowest BCUT2D eigenvalue weighted by atomic mass is 10.1. The van der Waals surface area contributed by atoms with Crippen LogP contribution in [0, 0.1) is 5.92 Å². The van der Waals surface area contributed by atoms with Gasteiger partial charge in [-0.1, -0.05) is 13.8 Å². The highest BCUT2D eigenvalue weighted by atomic mass is 16.3. The van der Waals surface area contributed by atoms with E-state index in [9.17, 15) is 0 Å². The van der Waals surface area contributed by atoms with E-state index in [0.717, 1.165) is 19.5 Å². The number of nitrogens with one attached hydrogen (secondary N) is 1. The maximum Gasteiger partial charge on any atom is 0.0457 e. The second kappa shape index (κ2) is 7.03. The summed E-state index contributed by atoms with van der Waals surface area (Å²) in [7, 11) is 0. The third-order valence-electron chi connectivity index (χ3n) is 1.55. The first-order chi connectivity index (χ1) is 4.81. The first-order valence-electron chi connectivity index (χ1n) is 4.12. The second-order valence-corrected chi connectivity index (χ2v) is 2.83. The quantitative estimate of drug-likeness (QED) is 0.547. The Hall–Kier alpha value is -0.0800. The van der Waals surface area contributed by atoms with Crippen molar-refractivity contribution < 1.29 is 5.11 Å². The van der Waals surface area contributed by atoms with Gasteiger partial charge in [-0.05, 0) is 31.8 Å². The molecular formula is C8H19NO. The Morgan fingerprint density at radius 3 is 2.60 bits per heavy atom. The third kappa shape index (κ3) is 6.05. The van der Waals surface area contributed by atoms with Crippen LogP contribution in [0.25, 0.3) is 0 Å². The average molecular weight is 145 g/mol. The van der Waals surface area contributed by atoms with Crippen LogP contribution in [0.1, 0.15) is 26.7 Å². The Morgan fingerprint density at radius 1 is 1.40 bits per heavy atom. The number of hydrogen-bond acceptors (Lipinski definition) is 2. The summed E-state index contributed by atoms with van der Waals surface area (Å²) in [5, 5.41) is 12.0. The Bertz CT molecular complexity index is 66.3. The Balaban J connectivity index is 2.89. The zero-order valence-electron chi connectivity index (χ0n) is 7.06. The molecule has 0 radical (unpaired) electrons. The molecule has 0 aromatic carbocycles. The fraction of sp³-hybridized carbons (Fsp3) is 1.00. The van der Waals surface area contributed by atoms with Crippen molar-refractivity contribution >= 4 is 0 Å². The van der Waals surface area contributed by atoms with Gasteiger partial charge in [0, 0.05) is 6.61 Å². The van der Waals surface area contributed by atoms with Crippen LogP contribution in [0.2, 0.25) is 0 Å². The minimum Gasteiger partial charge on any atom is -0.396 e. The van der Waals surface area contributed by atoms with Crippen molar-refractivity contribution in [1.82, 2.24) is 5.32 Å². The molecule has 0 aliphatic carbocycles. The molecule has 0 saturated carbocycles. The molecule has 1 atom stereocenters. The van der Waals surface area contributed by atoms with E-state index < -0.39 is 0 Å². The van der Waals surface area contributed by atoms with Crippen LogP contribution in [0.3, 0.4) is 0 Å². The molecule has 0 rings (SSSR count). The fourth-order valence-electron chi connectivity index (χ4n) is 0.742. The van der Waals surface area contributed by atoms with Crippen LogP contribution in [0.5, 0.6) is 0 Å². The molecule has 2 heteroatoms. The van der Waals surface area contributed by atoms with Gasteiger partial charge in [0.15, 0.2) is 0 Å². The van der Waals surface area contributed by atoms with Crippen LogP contribution in [0.15, 0.2) is 0 Å². The summed E-state index contributed by atoms with van der Waals surface area (Å²) in [6.07, 6.45) is 2.27. The summed E-state index contributed by atoms with van der Waals surface area (Å²) in [5.41, 5.74) is 0. The highest BCUT2D eigenvalue weighted by molar-refractivity contribution is 4.52. The lowest BCUT2D eigenvalue weighted by Crippen LogP contribution is -2.19. The molecule has 10 heavy (non-hydrogen) atoms. The molecule has 1 unspecified atom stereocenters. The Morgan fingerprint density at radius 2 is 2.10 bits per heavy atom. The summed E-state index contributed by atoms with van der Waals surface area (Å²) >= 11 is 0. The van der Waals surface area contributed by atoms with Crippen molar-refractivity contribution in [1.29, 1.82) is 0 Å². The summed E-state index contributed by atoms with van der Waals surface area (Å²) < 4.78 is 0.